The van der Waals surface area contributed by atoms with Crippen molar-refractivity contribution in [2.75, 3.05) is 0 Å². The van der Waals surface area contributed by atoms with Gasteiger partial charge in [0.05, 0.1) is 22.9 Å². The summed E-state index contributed by atoms with van der Waals surface area (Å²) in [5.41, 5.74) is 7.54. The summed E-state index contributed by atoms with van der Waals surface area (Å²) in [6, 6.07) is 9.90. The van der Waals surface area contributed by atoms with Gasteiger partial charge in [-0.05, 0) is 49.1 Å². The number of carbonyl (C=O) groups is 1. The fraction of sp³-hybridized carbons (Fsp3) is 0.111. The Kier molecular flexibility index (Phi) is 6.19. The first-order valence-corrected chi connectivity index (χ1v) is 11.4. The minimum absolute atomic E-state index is 0.0912. The van der Waals surface area contributed by atoms with Crippen molar-refractivity contribution in [2.24, 2.45) is 4.99 Å². The summed E-state index contributed by atoms with van der Waals surface area (Å²) >= 11 is 0. The molecule has 5 aromatic rings. The van der Waals surface area contributed by atoms with Crippen LogP contribution in [0.3, 0.4) is 0 Å². The first-order chi connectivity index (χ1) is 17.6. The molecule has 0 aliphatic carbocycles. The van der Waals surface area contributed by atoms with E-state index in [1.54, 1.807) is 31.7 Å². The van der Waals surface area contributed by atoms with E-state index in [0.717, 1.165) is 44.2 Å². The van der Waals surface area contributed by atoms with Crippen LogP contribution in [0.1, 0.15) is 25.8 Å². The number of hydrogen-bond donors (Lipinski definition) is 3. The number of benzene rings is 1. The van der Waals surface area contributed by atoms with Crippen molar-refractivity contribution < 1.29 is 4.79 Å². The van der Waals surface area contributed by atoms with Crippen molar-refractivity contribution in [1.29, 1.82) is 0 Å². The Morgan fingerprint density at radius 2 is 2.06 bits per heavy atom. The zero-order chi connectivity index (χ0) is 25.1. The Morgan fingerprint density at radius 1 is 1.17 bits per heavy atom. The van der Waals surface area contributed by atoms with Crippen molar-refractivity contribution in [3.8, 4) is 22.6 Å². The van der Waals surface area contributed by atoms with Crippen molar-refractivity contribution >= 4 is 40.1 Å². The highest BCUT2D eigenvalue weighted by Crippen LogP contribution is 2.31. The number of nitrogens with zero attached hydrogens (tertiary/aromatic N) is 5. The average molecular weight is 477 g/mol. The number of fused-ring (bicyclic) bond motifs is 2. The van der Waals surface area contributed by atoms with Gasteiger partial charge in [0.2, 0.25) is 5.91 Å². The van der Waals surface area contributed by atoms with E-state index in [2.05, 4.69) is 42.2 Å². The molecule has 0 radical (unpaired) electrons. The first-order valence-electron chi connectivity index (χ1n) is 11.4. The van der Waals surface area contributed by atoms with Gasteiger partial charge < -0.3 is 10.3 Å². The van der Waals surface area contributed by atoms with Crippen molar-refractivity contribution in [3.63, 3.8) is 0 Å². The second kappa shape index (κ2) is 9.75. The summed E-state index contributed by atoms with van der Waals surface area (Å²) in [6.45, 7) is 7.27. The fourth-order valence-electron chi connectivity index (χ4n) is 3.99. The Balaban J connectivity index is 1.56. The van der Waals surface area contributed by atoms with Gasteiger partial charge in [-0.3, -0.25) is 24.9 Å². The summed E-state index contributed by atoms with van der Waals surface area (Å²) < 4.78 is 0. The van der Waals surface area contributed by atoms with Crippen LogP contribution >= 0.6 is 0 Å². The quantitative estimate of drug-likeness (QED) is 0.224. The maximum atomic E-state index is 11.9. The molecule has 0 saturated carbocycles. The SMILES string of the molecule is C=N/C=C(\C=C(/C)c1ccc2[nH]nc(-c3nc4c(-c5cccnc5)cncc4[nH]3)c2c1)NC(=O)CC. The second-order valence-electron chi connectivity index (χ2n) is 8.24. The molecule has 0 aliphatic rings. The zero-order valence-electron chi connectivity index (χ0n) is 19.9. The number of carbonyl (C=O) groups excluding carboxylic acids is 1. The molecule has 0 aliphatic heterocycles. The molecule has 5 rings (SSSR count). The predicted octanol–water partition coefficient (Wildman–Crippen LogP) is 5.03. The summed E-state index contributed by atoms with van der Waals surface area (Å²) in [6.07, 6.45) is 10.9. The van der Waals surface area contributed by atoms with Crippen molar-refractivity contribution in [1.82, 2.24) is 35.5 Å². The molecule has 4 heterocycles. The number of imidazole rings is 1. The minimum atomic E-state index is -0.0912. The number of nitrogens with one attached hydrogen (secondary N) is 3. The zero-order valence-corrected chi connectivity index (χ0v) is 19.9. The largest absolute Gasteiger partial charge is 0.335 e. The van der Waals surface area contributed by atoms with Crippen LogP contribution in [-0.4, -0.2) is 42.8 Å². The highest BCUT2D eigenvalue weighted by atomic mass is 16.1. The Hall–Kier alpha value is -4.92. The number of hydrogen-bond acceptors (Lipinski definition) is 6. The molecule has 4 aromatic heterocycles. The van der Waals surface area contributed by atoms with Crippen LogP contribution in [0.5, 0.6) is 0 Å². The summed E-state index contributed by atoms with van der Waals surface area (Å²) in [5, 5.41) is 11.4. The van der Waals surface area contributed by atoms with Crippen LogP contribution in [0.25, 0.3) is 50.2 Å². The predicted molar refractivity (Wildman–Crippen MR) is 142 cm³/mol. The number of aromatic amines is 2. The molecule has 0 unspecified atom stereocenters. The first kappa shape index (κ1) is 22.9. The number of amides is 1. The van der Waals surface area contributed by atoms with Crippen LogP contribution < -0.4 is 5.32 Å². The molecule has 0 saturated heterocycles. The number of aromatic nitrogens is 6. The Labute approximate surface area is 207 Å². The monoisotopic (exact) mass is 476 g/mol. The van der Waals surface area contributed by atoms with Crippen molar-refractivity contribution in [3.05, 3.63) is 78.7 Å². The van der Waals surface area contributed by atoms with E-state index in [9.17, 15) is 4.79 Å². The van der Waals surface area contributed by atoms with Gasteiger partial charge in [0.1, 0.15) is 11.2 Å². The van der Waals surface area contributed by atoms with E-state index < -0.39 is 0 Å². The van der Waals surface area contributed by atoms with E-state index in [0.29, 0.717) is 23.6 Å². The van der Waals surface area contributed by atoms with Gasteiger partial charge in [-0.1, -0.05) is 19.1 Å². The van der Waals surface area contributed by atoms with Gasteiger partial charge in [-0.25, -0.2) is 4.98 Å². The number of H-pyrrole nitrogens is 2. The molecule has 0 spiro atoms. The molecule has 0 bridgehead atoms. The van der Waals surface area contributed by atoms with Crippen LogP contribution in [0, 0.1) is 0 Å². The third-order valence-electron chi connectivity index (χ3n) is 5.82. The van der Waals surface area contributed by atoms with Gasteiger partial charge in [0, 0.05) is 47.7 Å². The molecule has 1 aromatic carbocycles. The summed E-state index contributed by atoms with van der Waals surface area (Å²) in [7, 11) is 0. The maximum Gasteiger partial charge on any atom is 0.224 e. The molecule has 36 heavy (non-hydrogen) atoms. The number of aliphatic imine (C=N–C) groups is 1. The highest BCUT2D eigenvalue weighted by molar-refractivity contribution is 5.97. The van der Waals surface area contributed by atoms with Gasteiger partial charge in [0.15, 0.2) is 5.82 Å². The fourth-order valence-corrected chi connectivity index (χ4v) is 3.99. The number of rotatable bonds is 7. The topological polar surface area (TPSA) is 125 Å². The molecule has 178 valence electrons. The molecule has 3 N–H and O–H groups in total. The Morgan fingerprint density at radius 3 is 2.83 bits per heavy atom. The molecule has 9 heteroatoms. The van der Waals surface area contributed by atoms with Crippen LogP contribution in [-0.2, 0) is 4.79 Å². The lowest BCUT2D eigenvalue weighted by Crippen LogP contribution is -2.20. The lowest BCUT2D eigenvalue weighted by molar-refractivity contribution is -0.120. The van der Waals surface area contributed by atoms with E-state index in [-0.39, 0.29) is 5.91 Å². The standard InChI is InChI=1S/C27H24N8O/c1-4-24(36)31-19(13-28-3)10-16(2)17-7-8-22-20(11-17)26(35-34-22)27-32-23-15-30-14-21(25(23)33-27)18-6-5-9-29-12-18/h5-15H,3-4H2,1-2H3,(H,31,36)(H,32,33)(H,34,35)/b16-10+,19-13+. The molecule has 0 fully saturated rings. The van der Waals surface area contributed by atoms with Crippen LogP contribution in [0.15, 0.2) is 78.1 Å². The number of allylic oxidation sites excluding steroid dienone is 2. The van der Waals surface area contributed by atoms with E-state index in [1.807, 2.05) is 43.3 Å². The smallest absolute Gasteiger partial charge is 0.224 e. The van der Waals surface area contributed by atoms with Gasteiger partial charge >= 0.3 is 0 Å². The maximum absolute atomic E-state index is 11.9. The van der Waals surface area contributed by atoms with Gasteiger partial charge in [-0.15, -0.1) is 0 Å². The van der Waals surface area contributed by atoms with E-state index in [1.165, 1.54) is 6.20 Å². The van der Waals surface area contributed by atoms with Crippen LogP contribution in [0.4, 0.5) is 0 Å². The molecular formula is C27H24N8O. The molecule has 1 amide bonds. The second-order valence-corrected chi connectivity index (χ2v) is 8.24. The highest BCUT2D eigenvalue weighted by Gasteiger charge is 2.16. The minimum Gasteiger partial charge on any atom is -0.335 e. The summed E-state index contributed by atoms with van der Waals surface area (Å²) in [5.74, 6) is 0.548. The normalized spacial score (nSPS) is 12.3. The van der Waals surface area contributed by atoms with E-state index in [4.69, 9.17) is 4.98 Å². The molecule has 9 nitrogen and oxygen atoms in total. The van der Waals surface area contributed by atoms with Crippen molar-refractivity contribution in [2.45, 2.75) is 20.3 Å². The summed E-state index contributed by atoms with van der Waals surface area (Å²) in [4.78, 5) is 32.5. The van der Waals surface area contributed by atoms with E-state index >= 15 is 0 Å². The van der Waals surface area contributed by atoms with Gasteiger partial charge in [0.25, 0.3) is 0 Å². The van der Waals surface area contributed by atoms with Crippen LogP contribution in [0.2, 0.25) is 0 Å². The third kappa shape index (κ3) is 4.41. The average Bonchev–Trinajstić information content (AvgIpc) is 3.52. The molecular weight excluding hydrogens is 452 g/mol. The Bertz CT molecular complexity index is 1640. The lowest BCUT2D eigenvalue weighted by Gasteiger charge is -2.07. The molecule has 0 atom stereocenters. The third-order valence-corrected chi connectivity index (χ3v) is 5.82. The van der Waals surface area contributed by atoms with Gasteiger partial charge in [-0.2, -0.15) is 5.10 Å². The number of pyridine rings is 2. The lowest BCUT2D eigenvalue weighted by atomic mass is 10.0.